The van der Waals surface area contributed by atoms with E-state index in [1.165, 1.54) is 199 Å². The van der Waals surface area contributed by atoms with Gasteiger partial charge < -0.3 is 50.9 Å². The summed E-state index contributed by atoms with van der Waals surface area (Å²) >= 11 is 1.17. The lowest BCUT2D eigenvalue weighted by Gasteiger charge is -2.30. The Kier molecular flexibility index (Phi) is 36.8. The Hall–Kier alpha value is -2.44. The molecule has 0 saturated carbocycles. The Bertz CT molecular complexity index is 2260. The van der Waals surface area contributed by atoms with Crippen LogP contribution in [-0.2, 0) is 50.7 Å². The minimum absolute atomic E-state index is 0.0352. The predicted molar refractivity (Wildman–Crippen MR) is 316 cm³/mol. The van der Waals surface area contributed by atoms with Crippen molar-refractivity contribution in [3.05, 3.63) is 12.7 Å². The van der Waals surface area contributed by atoms with Crippen LogP contribution in [0.25, 0.3) is 11.2 Å². The molecule has 474 valence electrons. The van der Waals surface area contributed by atoms with Crippen LogP contribution in [-0.4, -0.2) is 123 Å². The van der Waals surface area contributed by atoms with Crippen molar-refractivity contribution in [2.75, 3.05) is 37.8 Å². The molecule has 1 saturated heterocycles. The highest BCUT2D eigenvalue weighted by Crippen LogP contribution is 2.61. The number of imidazole rings is 1. The minimum Gasteiger partial charge on any atom is -0.386 e. The quantitative estimate of drug-likeness (QED) is 0.0219. The number of carbonyl (C=O) groups excluding carboxylic acids is 3. The number of carbonyl (C=O) groups is 3. The first-order chi connectivity index (χ1) is 39.1. The fourth-order valence-electron chi connectivity index (χ4n) is 9.66. The molecular formula is C54H100N7O17P3S. The number of thioether (sulfide) groups is 1. The Balaban J connectivity index is 1.13. The number of fused-ring (bicyclic) bond motifs is 1. The summed E-state index contributed by atoms with van der Waals surface area (Å²) in [6.07, 6.45) is 34.0. The highest BCUT2D eigenvalue weighted by Gasteiger charge is 2.50. The van der Waals surface area contributed by atoms with Crippen molar-refractivity contribution in [3.63, 3.8) is 0 Å². The number of nitrogens with two attached hydrogens (primary N) is 1. The largest absolute Gasteiger partial charge is 0.481 e. The minimum atomic E-state index is -5.58. The molecule has 0 radical (unpaired) electrons. The Morgan fingerprint density at radius 3 is 1.66 bits per heavy atom. The summed E-state index contributed by atoms with van der Waals surface area (Å²) in [5.74, 6) is -1.01. The zero-order chi connectivity index (χ0) is 60.3. The average molecular weight is 1240 g/mol. The smallest absolute Gasteiger partial charge is 0.386 e. The Labute approximate surface area is 490 Å². The van der Waals surface area contributed by atoms with Gasteiger partial charge in [0, 0.05) is 37.1 Å². The van der Waals surface area contributed by atoms with Crippen LogP contribution < -0.4 is 16.4 Å². The average Bonchev–Trinajstić information content (AvgIpc) is 4.13. The van der Waals surface area contributed by atoms with Gasteiger partial charge in [0.25, 0.3) is 0 Å². The van der Waals surface area contributed by atoms with Crippen molar-refractivity contribution in [1.29, 1.82) is 0 Å². The number of amides is 2. The van der Waals surface area contributed by atoms with Crippen molar-refractivity contribution in [1.82, 2.24) is 30.2 Å². The lowest BCUT2D eigenvalue weighted by Crippen LogP contribution is -2.46. The summed E-state index contributed by atoms with van der Waals surface area (Å²) in [6, 6.07) is 0. The van der Waals surface area contributed by atoms with E-state index in [4.69, 9.17) is 19.5 Å². The second kappa shape index (κ2) is 40.8. The van der Waals surface area contributed by atoms with Crippen LogP contribution in [0.1, 0.15) is 232 Å². The van der Waals surface area contributed by atoms with Gasteiger partial charge in [-0.05, 0) is 6.42 Å². The molecule has 82 heavy (non-hydrogen) atoms. The number of nitrogen functional groups attached to an aromatic ring is 1. The number of hydrogen-bond acceptors (Lipinski definition) is 18. The maximum Gasteiger partial charge on any atom is 0.481 e. The van der Waals surface area contributed by atoms with E-state index in [9.17, 15) is 57.9 Å². The summed E-state index contributed by atoms with van der Waals surface area (Å²) in [7, 11) is -16.4. The predicted octanol–water partition coefficient (Wildman–Crippen LogP) is 10.8. The summed E-state index contributed by atoms with van der Waals surface area (Å²) < 4.78 is 62.7. The number of nitrogens with zero attached hydrogens (tertiary/aromatic N) is 4. The number of aromatic nitrogens is 4. The van der Waals surface area contributed by atoms with Crippen LogP contribution in [0.4, 0.5) is 5.82 Å². The fraction of sp³-hybridized carbons (Fsp3) is 0.852. The molecule has 3 rings (SSSR count). The summed E-state index contributed by atoms with van der Waals surface area (Å²) in [5.41, 5.74) is 4.30. The molecule has 7 atom stereocenters. The number of nitrogens with one attached hydrogen (secondary N) is 2. The normalized spacial score (nSPS) is 18.6. The van der Waals surface area contributed by atoms with Crippen LogP contribution in [0.15, 0.2) is 12.7 Å². The molecule has 0 bridgehead atoms. The van der Waals surface area contributed by atoms with E-state index in [-0.39, 0.29) is 41.6 Å². The monoisotopic (exact) mass is 1240 g/mol. The third-order valence-corrected chi connectivity index (χ3v) is 18.5. The van der Waals surface area contributed by atoms with E-state index in [1.54, 1.807) is 0 Å². The molecule has 2 aromatic heterocycles. The highest BCUT2D eigenvalue weighted by atomic mass is 32.2. The van der Waals surface area contributed by atoms with Gasteiger partial charge in [-0.1, -0.05) is 219 Å². The molecule has 1 aliphatic rings. The molecule has 0 spiro atoms. The van der Waals surface area contributed by atoms with E-state index in [2.05, 4.69) is 41.3 Å². The molecule has 2 aromatic rings. The van der Waals surface area contributed by atoms with Gasteiger partial charge in [0.05, 0.1) is 19.5 Å². The molecule has 7 unspecified atom stereocenters. The van der Waals surface area contributed by atoms with Crippen molar-refractivity contribution in [2.24, 2.45) is 5.41 Å². The number of aliphatic hydroxyl groups excluding tert-OH is 2. The molecule has 0 aromatic carbocycles. The van der Waals surface area contributed by atoms with E-state index in [1.807, 2.05) is 0 Å². The molecule has 1 aliphatic heterocycles. The maximum atomic E-state index is 12.8. The van der Waals surface area contributed by atoms with Crippen molar-refractivity contribution < 1.29 is 80.5 Å². The third-order valence-electron chi connectivity index (χ3n) is 14.5. The van der Waals surface area contributed by atoms with Crippen LogP contribution >= 0.6 is 35.2 Å². The lowest BCUT2D eigenvalue weighted by molar-refractivity contribution is -0.137. The zero-order valence-corrected chi connectivity index (χ0v) is 52.5. The van der Waals surface area contributed by atoms with E-state index >= 15 is 0 Å². The molecule has 2 amide bonds. The third kappa shape index (κ3) is 31.8. The molecule has 0 aliphatic carbocycles. The fourth-order valence-corrected chi connectivity index (χ4v) is 13.2. The van der Waals surface area contributed by atoms with Crippen LogP contribution in [0, 0.1) is 5.41 Å². The Morgan fingerprint density at radius 1 is 0.695 bits per heavy atom. The standard InChI is InChI=1S/C54H100N7O17P3S/c1-4-5-6-7-8-9-10-11-12-13-14-15-16-17-18-19-20-21-22-23-24-25-26-27-28-29-30-31-32-33-34-45(63)82-38-37-56-44(62)35-36-57-52(66)49(65)54(2,3)40-75-81(72,73)78-80(70,71)74-39-43-48(77-79(67,68)69)47(64)53(76-43)61-42-60-46-50(55)58-41-59-51(46)61/h41-43,47-49,53,64-65H,4-40H2,1-3H3,(H,56,62)(H,57,66)(H,70,71)(H,72,73)(H2,55,58,59)(H2,67,68,69). The number of phosphoric acid groups is 3. The first kappa shape index (κ1) is 73.8. The topological polar surface area (TPSA) is 364 Å². The number of rotatable bonds is 50. The van der Waals surface area contributed by atoms with E-state index in [0.29, 0.717) is 12.2 Å². The van der Waals surface area contributed by atoms with Gasteiger partial charge in [-0.2, -0.15) is 4.31 Å². The van der Waals surface area contributed by atoms with Gasteiger partial charge in [-0.3, -0.25) is 32.5 Å². The van der Waals surface area contributed by atoms with E-state index < -0.39 is 84.6 Å². The molecular weight excluding hydrogens is 1140 g/mol. The number of unbranched alkanes of at least 4 members (excludes halogenated alkanes) is 29. The maximum absolute atomic E-state index is 12.8. The number of hydrogen-bond donors (Lipinski definition) is 9. The number of ether oxygens (including phenoxy) is 1. The van der Waals surface area contributed by atoms with Gasteiger partial charge >= 0.3 is 23.5 Å². The van der Waals surface area contributed by atoms with E-state index in [0.717, 1.165) is 36.5 Å². The first-order valence-corrected chi connectivity index (χ1v) is 35.6. The van der Waals surface area contributed by atoms with Gasteiger partial charge in [0.15, 0.2) is 22.8 Å². The summed E-state index contributed by atoms with van der Waals surface area (Å²) in [4.78, 5) is 88.8. The molecule has 3 heterocycles. The second-order valence-corrected chi connectivity index (χ2v) is 27.7. The number of phosphoric ester groups is 3. The van der Waals surface area contributed by atoms with Crippen molar-refractivity contribution in [3.8, 4) is 0 Å². The molecule has 10 N–H and O–H groups in total. The van der Waals surface area contributed by atoms with Crippen molar-refractivity contribution in [2.45, 2.75) is 257 Å². The molecule has 24 nitrogen and oxygen atoms in total. The second-order valence-electron chi connectivity index (χ2n) is 22.3. The van der Waals surface area contributed by atoms with Crippen molar-refractivity contribution >= 4 is 69.1 Å². The van der Waals surface area contributed by atoms with Crippen LogP contribution in [0.3, 0.4) is 0 Å². The van der Waals surface area contributed by atoms with Crippen LogP contribution in [0.5, 0.6) is 0 Å². The zero-order valence-electron chi connectivity index (χ0n) is 49.0. The number of aliphatic hydroxyl groups is 2. The summed E-state index contributed by atoms with van der Waals surface area (Å²) in [6.45, 7) is 2.88. The first-order valence-electron chi connectivity index (χ1n) is 30.1. The molecule has 1 fully saturated rings. The SMILES string of the molecule is CCCCCCCCCCCCCCCCCCCCCCCCCCCCCCCCC(=O)SCCNC(=O)CCNC(=O)C(O)C(C)(C)COP(=O)(O)OP(=O)(O)OCC1OC(n2cnc3c(N)ncnc32)C(O)C1OP(=O)(O)O. The van der Waals surface area contributed by atoms with Gasteiger partial charge in [-0.15, -0.1) is 0 Å². The van der Waals surface area contributed by atoms with Gasteiger partial charge in [-0.25, -0.2) is 28.6 Å². The lowest BCUT2D eigenvalue weighted by atomic mass is 9.87. The van der Waals surface area contributed by atoms with Gasteiger partial charge in [0.1, 0.15) is 36.3 Å². The van der Waals surface area contributed by atoms with Crippen LogP contribution in [0.2, 0.25) is 0 Å². The summed E-state index contributed by atoms with van der Waals surface area (Å²) in [5, 5.41) is 26.8. The molecule has 28 heteroatoms. The highest BCUT2D eigenvalue weighted by molar-refractivity contribution is 8.13. The van der Waals surface area contributed by atoms with Gasteiger partial charge in [0.2, 0.25) is 11.8 Å². The Morgan fingerprint density at radius 2 is 1.17 bits per heavy atom. The number of anilines is 1.